The number of rotatable bonds is 5. The number of aromatic nitrogens is 1. The quantitative estimate of drug-likeness (QED) is 0.490. The third kappa shape index (κ3) is 3.39. The molecule has 0 saturated heterocycles. The molecule has 1 atom stereocenters. The van der Waals surface area contributed by atoms with Crippen LogP contribution in [0.3, 0.4) is 0 Å². The third-order valence-corrected chi connectivity index (χ3v) is 4.93. The van der Waals surface area contributed by atoms with Gasteiger partial charge in [0.25, 0.3) is 5.91 Å². The van der Waals surface area contributed by atoms with E-state index < -0.39 is 29.5 Å². The summed E-state index contributed by atoms with van der Waals surface area (Å²) in [4.78, 5) is 39.1. The van der Waals surface area contributed by atoms with E-state index in [1.165, 1.54) is 36.3 Å². The molecule has 3 heterocycles. The number of carbonyl (C=O) groups excluding carboxylic acids is 3. The van der Waals surface area contributed by atoms with Crippen molar-refractivity contribution in [2.45, 2.75) is 19.9 Å². The Hall–Kier alpha value is -4.14. The Balaban J connectivity index is 1.84. The normalized spacial score (nSPS) is 16.2. The Morgan fingerprint density at radius 2 is 1.81 bits per heavy atom. The highest BCUT2D eigenvalue weighted by atomic mass is 16.5. The highest BCUT2D eigenvalue weighted by Gasteiger charge is 2.46. The summed E-state index contributed by atoms with van der Waals surface area (Å²) < 4.78 is 15.2. The number of ketones is 1. The van der Waals surface area contributed by atoms with Crippen LogP contribution < -0.4 is 4.90 Å². The summed E-state index contributed by atoms with van der Waals surface area (Å²) in [7, 11) is 1.27. The highest BCUT2D eigenvalue weighted by molar-refractivity contribution is 6.20. The Morgan fingerprint density at radius 1 is 1.10 bits per heavy atom. The number of hydrogen-bond donors (Lipinski definition) is 1. The zero-order valence-electron chi connectivity index (χ0n) is 16.9. The van der Waals surface area contributed by atoms with Crippen LogP contribution in [0.25, 0.3) is 0 Å². The molecule has 1 N–H and O–H groups in total. The Labute approximate surface area is 176 Å². The Morgan fingerprint density at radius 3 is 2.35 bits per heavy atom. The molecule has 0 saturated carbocycles. The molecule has 1 amide bonds. The molecule has 0 spiro atoms. The van der Waals surface area contributed by atoms with Crippen molar-refractivity contribution in [1.29, 1.82) is 0 Å². The predicted octanol–water partition coefficient (Wildman–Crippen LogP) is 3.45. The zero-order valence-corrected chi connectivity index (χ0v) is 16.9. The van der Waals surface area contributed by atoms with Crippen LogP contribution in [-0.2, 0) is 9.53 Å². The molecule has 0 fully saturated rings. The minimum absolute atomic E-state index is 0.0128. The van der Waals surface area contributed by atoms with Crippen molar-refractivity contribution in [3.05, 3.63) is 82.2 Å². The lowest BCUT2D eigenvalue weighted by molar-refractivity contribution is -0.117. The topological polar surface area (TPSA) is 123 Å². The van der Waals surface area contributed by atoms with Gasteiger partial charge >= 0.3 is 5.97 Å². The minimum atomic E-state index is -1.01. The van der Waals surface area contributed by atoms with E-state index >= 15 is 0 Å². The van der Waals surface area contributed by atoms with Crippen molar-refractivity contribution in [1.82, 2.24) is 5.16 Å². The summed E-state index contributed by atoms with van der Waals surface area (Å²) in [6, 6.07) is 9.75. The van der Waals surface area contributed by atoms with E-state index in [1.807, 2.05) is 0 Å². The van der Waals surface area contributed by atoms with Gasteiger partial charge in [0.15, 0.2) is 17.3 Å². The molecule has 1 aliphatic heterocycles. The molecule has 1 aromatic carbocycles. The molecule has 0 radical (unpaired) electrons. The molecule has 0 aliphatic carbocycles. The van der Waals surface area contributed by atoms with Crippen LogP contribution in [0.15, 0.2) is 62.7 Å². The Bertz CT molecular complexity index is 1220. The molecule has 4 rings (SSSR count). The van der Waals surface area contributed by atoms with Crippen LogP contribution in [-0.4, -0.2) is 35.0 Å². The van der Waals surface area contributed by atoms with Gasteiger partial charge in [-0.15, -0.1) is 0 Å². The number of hydrogen-bond acceptors (Lipinski definition) is 8. The van der Waals surface area contributed by atoms with Gasteiger partial charge in [-0.05, 0) is 43.7 Å². The van der Waals surface area contributed by atoms with Crippen LogP contribution in [0, 0.1) is 13.8 Å². The van der Waals surface area contributed by atoms with Gasteiger partial charge in [-0.25, -0.2) is 4.79 Å². The predicted molar refractivity (Wildman–Crippen MR) is 107 cm³/mol. The summed E-state index contributed by atoms with van der Waals surface area (Å²) in [6.07, 6.45) is 0. The summed E-state index contributed by atoms with van der Waals surface area (Å²) in [5.41, 5.74) is 0.602. The summed E-state index contributed by atoms with van der Waals surface area (Å²) in [5, 5.41) is 14.5. The molecule has 2 aromatic heterocycles. The van der Waals surface area contributed by atoms with Gasteiger partial charge in [0.1, 0.15) is 11.5 Å². The van der Waals surface area contributed by atoms with Crippen molar-refractivity contribution in [3.8, 4) is 0 Å². The second kappa shape index (κ2) is 7.60. The van der Waals surface area contributed by atoms with E-state index in [4.69, 9.17) is 13.7 Å². The number of furan rings is 1. The second-order valence-electron chi connectivity index (χ2n) is 6.99. The maximum absolute atomic E-state index is 13.2. The molecule has 0 unspecified atom stereocenters. The summed E-state index contributed by atoms with van der Waals surface area (Å²) in [5.74, 6) is -1.60. The van der Waals surface area contributed by atoms with Crippen LogP contribution in [0.4, 0.5) is 5.82 Å². The number of methoxy groups -OCH3 is 1. The van der Waals surface area contributed by atoms with E-state index in [9.17, 15) is 19.5 Å². The SMILES string of the molecule is COC(=O)c1ccc([C@@H]2C(C(=O)c3ccc(C)o3)=C(O)C(=O)N2c2cc(C)on2)cc1. The fourth-order valence-corrected chi connectivity index (χ4v) is 3.46. The van der Waals surface area contributed by atoms with E-state index in [1.54, 1.807) is 32.0 Å². The highest BCUT2D eigenvalue weighted by Crippen LogP contribution is 2.41. The zero-order chi connectivity index (χ0) is 22.3. The van der Waals surface area contributed by atoms with Crippen LogP contribution in [0.5, 0.6) is 0 Å². The first-order valence-electron chi connectivity index (χ1n) is 9.31. The number of benzene rings is 1. The third-order valence-electron chi connectivity index (χ3n) is 4.93. The van der Waals surface area contributed by atoms with Gasteiger partial charge in [0.2, 0.25) is 5.78 Å². The van der Waals surface area contributed by atoms with E-state index in [-0.39, 0.29) is 17.2 Å². The number of Topliss-reactive ketones (excluding diaryl/α,β-unsaturated/α-hetero) is 1. The number of amides is 1. The van der Waals surface area contributed by atoms with E-state index in [0.29, 0.717) is 22.6 Å². The molecule has 9 nitrogen and oxygen atoms in total. The molecule has 31 heavy (non-hydrogen) atoms. The molecular weight excluding hydrogens is 404 g/mol. The smallest absolute Gasteiger partial charge is 0.337 e. The van der Waals surface area contributed by atoms with Crippen molar-refractivity contribution in [2.24, 2.45) is 0 Å². The van der Waals surface area contributed by atoms with Crippen molar-refractivity contribution < 1.29 is 33.2 Å². The van der Waals surface area contributed by atoms with Gasteiger partial charge in [-0.1, -0.05) is 17.3 Å². The lowest BCUT2D eigenvalue weighted by atomic mass is 9.94. The van der Waals surface area contributed by atoms with Gasteiger partial charge in [0.05, 0.1) is 24.3 Å². The van der Waals surface area contributed by atoms with Gasteiger partial charge in [-0.2, -0.15) is 0 Å². The molecule has 1 aliphatic rings. The van der Waals surface area contributed by atoms with Crippen LogP contribution >= 0.6 is 0 Å². The first-order chi connectivity index (χ1) is 14.8. The first kappa shape index (κ1) is 20.1. The maximum Gasteiger partial charge on any atom is 0.337 e. The van der Waals surface area contributed by atoms with E-state index in [0.717, 1.165) is 0 Å². The number of carbonyl (C=O) groups is 3. The summed E-state index contributed by atoms with van der Waals surface area (Å²) >= 11 is 0. The van der Waals surface area contributed by atoms with Gasteiger partial charge in [0, 0.05) is 6.07 Å². The summed E-state index contributed by atoms with van der Waals surface area (Å²) in [6.45, 7) is 3.33. The second-order valence-corrected chi connectivity index (χ2v) is 6.99. The number of aliphatic hydroxyl groups excluding tert-OH is 1. The lowest BCUT2D eigenvalue weighted by Crippen LogP contribution is -2.31. The largest absolute Gasteiger partial charge is 0.503 e. The van der Waals surface area contributed by atoms with Crippen molar-refractivity contribution in [3.63, 3.8) is 0 Å². The average molecular weight is 422 g/mol. The molecule has 0 bridgehead atoms. The fraction of sp³-hybridized carbons (Fsp3) is 0.182. The number of nitrogens with zero attached hydrogens (tertiary/aromatic N) is 2. The molecular formula is C22H18N2O7. The number of ether oxygens (including phenoxy) is 1. The number of anilines is 1. The van der Waals surface area contributed by atoms with Gasteiger partial charge < -0.3 is 18.8 Å². The standard InChI is InChI=1S/C22H18N2O7/c1-11-4-9-15(30-11)19(25)17-18(13-5-7-14(8-6-13)22(28)29-3)24(21(27)20(17)26)16-10-12(2)31-23-16/h4-10,18,26H,1-3H3/t18-/m1/s1. The van der Waals surface area contributed by atoms with Crippen LogP contribution in [0.1, 0.15) is 44.0 Å². The molecule has 3 aromatic rings. The van der Waals surface area contributed by atoms with Gasteiger partial charge in [-0.3, -0.25) is 14.5 Å². The van der Waals surface area contributed by atoms with E-state index in [2.05, 4.69) is 5.16 Å². The Kier molecular flexibility index (Phi) is 4.94. The molecule has 158 valence electrons. The van der Waals surface area contributed by atoms with Crippen LogP contribution in [0.2, 0.25) is 0 Å². The first-order valence-corrected chi connectivity index (χ1v) is 9.31. The lowest BCUT2D eigenvalue weighted by Gasteiger charge is -2.24. The minimum Gasteiger partial charge on any atom is -0.503 e. The maximum atomic E-state index is 13.2. The van der Waals surface area contributed by atoms with Crippen molar-refractivity contribution >= 4 is 23.5 Å². The monoisotopic (exact) mass is 422 g/mol. The molecule has 9 heteroatoms. The number of aryl methyl sites for hydroxylation is 2. The van der Waals surface area contributed by atoms with Crippen molar-refractivity contribution in [2.75, 3.05) is 12.0 Å². The number of aliphatic hydroxyl groups is 1. The number of esters is 1. The fourth-order valence-electron chi connectivity index (χ4n) is 3.46. The average Bonchev–Trinajstić information content (AvgIpc) is 3.46.